The largest absolute Gasteiger partial charge is 0.285 e. The number of carbonyl (C=O) groups is 1. The van der Waals surface area contributed by atoms with Crippen molar-refractivity contribution in [2.75, 3.05) is 6.54 Å². The molecule has 0 unspecified atom stereocenters. The molecule has 13 heavy (non-hydrogen) atoms. The molecule has 1 aromatic rings. The quantitative estimate of drug-likeness (QED) is 0.380. The van der Waals surface area contributed by atoms with Crippen molar-refractivity contribution >= 4 is 5.78 Å². The van der Waals surface area contributed by atoms with Gasteiger partial charge in [-0.2, -0.15) is 5.10 Å². The molecule has 0 saturated heterocycles. The fourth-order valence-corrected chi connectivity index (χ4v) is 1.07. The minimum absolute atomic E-state index is 0.272. The number of hydrogen-bond donors (Lipinski definition) is 0. The fraction of sp³-hybridized carbons (Fsp3) is 0.429. The van der Waals surface area contributed by atoms with Crippen LogP contribution in [0.3, 0.4) is 0 Å². The number of nitrogens with zero attached hydrogens (tertiary/aromatic N) is 3. The molecule has 1 heterocycles. The van der Waals surface area contributed by atoms with Gasteiger partial charge in [-0.05, 0) is 13.0 Å². The molecule has 0 aliphatic carbocycles. The highest BCUT2D eigenvalue weighted by Crippen LogP contribution is 2.02. The first-order chi connectivity index (χ1) is 6.00. The predicted molar refractivity (Wildman–Crippen MR) is 44.1 cm³/mol. The third-order valence-electron chi connectivity index (χ3n) is 1.56. The van der Waals surface area contributed by atoms with Crippen LogP contribution in [-0.4, -0.2) is 27.0 Å². The van der Waals surface area contributed by atoms with Crippen LogP contribution in [0.2, 0.25) is 0 Å². The number of rotatable bonds is 3. The van der Waals surface area contributed by atoms with E-state index < -0.39 is 17.3 Å². The highest BCUT2D eigenvalue weighted by atomic mass is 16.6. The van der Waals surface area contributed by atoms with Crippen LogP contribution in [0.1, 0.15) is 16.2 Å². The molecule has 0 amide bonds. The summed E-state index contributed by atoms with van der Waals surface area (Å²) in [5.41, 5.74) is 0.948. The highest BCUT2D eigenvalue weighted by Gasteiger charge is 2.16. The zero-order chi connectivity index (χ0) is 10.0. The number of Topliss-reactive ketones (excluding diaryl/α,β-unsaturated/α-hetero) is 1. The van der Waals surface area contributed by atoms with Crippen LogP contribution in [0.4, 0.5) is 0 Å². The summed E-state index contributed by atoms with van der Waals surface area (Å²) in [6, 6.07) is 1.53. The van der Waals surface area contributed by atoms with E-state index in [1.165, 1.54) is 10.7 Å². The van der Waals surface area contributed by atoms with E-state index in [-0.39, 0.29) is 5.69 Å². The average molecular weight is 183 g/mol. The normalized spacial score (nSPS) is 10.0. The standard InChI is InChI=1S/C7H9N3O3/c1-5-3-6(9(2)8-5)7(11)4-10(12)13/h3H,4H2,1-2H3. The Morgan fingerprint density at radius 1 is 1.77 bits per heavy atom. The maximum atomic E-state index is 11.2. The Morgan fingerprint density at radius 3 is 2.77 bits per heavy atom. The Morgan fingerprint density at radius 2 is 2.38 bits per heavy atom. The van der Waals surface area contributed by atoms with Gasteiger partial charge in [0.1, 0.15) is 5.69 Å². The van der Waals surface area contributed by atoms with E-state index in [2.05, 4.69) is 5.10 Å². The molecule has 0 aliphatic rings. The van der Waals surface area contributed by atoms with Crippen LogP contribution < -0.4 is 0 Å². The second-order valence-corrected chi connectivity index (χ2v) is 2.71. The molecule has 0 aliphatic heterocycles. The van der Waals surface area contributed by atoms with Crippen LogP contribution in [0.15, 0.2) is 6.07 Å². The Balaban J connectivity index is 2.88. The molecule has 1 rings (SSSR count). The maximum Gasteiger partial charge on any atom is 0.267 e. The number of hydrogen-bond acceptors (Lipinski definition) is 4. The number of nitro groups is 1. The Bertz CT molecular complexity index is 356. The minimum atomic E-state index is -0.682. The van der Waals surface area contributed by atoms with E-state index in [1.807, 2.05) is 0 Å². The zero-order valence-electron chi connectivity index (χ0n) is 7.35. The summed E-state index contributed by atoms with van der Waals surface area (Å²) >= 11 is 0. The second kappa shape index (κ2) is 3.34. The lowest BCUT2D eigenvalue weighted by Gasteiger charge is -1.95. The first-order valence-electron chi connectivity index (χ1n) is 3.66. The van der Waals surface area contributed by atoms with Crippen molar-refractivity contribution in [2.24, 2.45) is 7.05 Å². The predicted octanol–water partition coefficient (Wildman–Crippen LogP) is 0.188. The van der Waals surface area contributed by atoms with E-state index in [4.69, 9.17) is 0 Å². The Labute approximate surface area is 74.3 Å². The molecule has 0 spiro atoms. The van der Waals surface area contributed by atoms with Gasteiger partial charge in [0.2, 0.25) is 0 Å². The average Bonchev–Trinajstić information content (AvgIpc) is 2.28. The SMILES string of the molecule is Cc1cc(C(=O)C[N+](=O)[O-])n(C)n1. The van der Waals surface area contributed by atoms with E-state index in [0.717, 1.165) is 0 Å². The van der Waals surface area contributed by atoms with Crippen LogP contribution in [0, 0.1) is 17.0 Å². The number of ketones is 1. The first kappa shape index (κ1) is 9.37. The molecule has 0 fully saturated rings. The van der Waals surface area contributed by atoms with E-state index in [0.29, 0.717) is 5.69 Å². The van der Waals surface area contributed by atoms with Gasteiger partial charge in [0.05, 0.1) is 5.69 Å². The summed E-state index contributed by atoms with van der Waals surface area (Å²) in [6.45, 7) is 1.04. The zero-order valence-corrected chi connectivity index (χ0v) is 7.35. The minimum Gasteiger partial charge on any atom is -0.285 e. The van der Waals surface area contributed by atoms with Crippen LogP contribution >= 0.6 is 0 Å². The molecule has 0 N–H and O–H groups in total. The molecule has 0 saturated carbocycles. The molecule has 0 aromatic carbocycles. The molecule has 0 bridgehead atoms. The highest BCUT2D eigenvalue weighted by molar-refractivity contribution is 5.95. The molecule has 6 nitrogen and oxygen atoms in total. The number of carbonyl (C=O) groups excluding carboxylic acids is 1. The van der Waals surface area contributed by atoms with Crippen molar-refractivity contribution in [2.45, 2.75) is 6.92 Å². The van der Waals surface area contributed by atoms with E-state index in [9.17, 15) is 14.9 Å². The third-order valence-corrected chi connectivity index (χ3v) is 1.56. The Kier molecular flexibility index (Phi) is 2.41. The summed E-state index contributed by atoms with van der Waals surface area (Å²) in [5.74, 6) is -0.520. The lowest BCUT2D eigenvalue weighted by molar-refractivity contribution is -0.465. The second-order valence-electron chi connectivity index (χ2n) is 2.71. The first-order valence-corrected chi connectivity index (χ1v) is 3.66. The number of aryl methyl sites for hydroxylation is 2. The lowest BCUT2D eigenvalue weighted by Crippen LogP contribution is -2.16. The Hall–Kier alpha value is -1.72. The maximum absolute atomic E-state index is 11.2. The monoisotopic (exact) mass is 183 g/mol. The summed E-state index contributed by atoms with van der Waals surface area (Å²) < 4.78 is 1.35. The molecule has 1 aromatic heterocycles. The van der Waals surface area contributed by atoms with Gasteiger partial charge >= 0.3 is 0 Å². The molecular formula is C7H9N3O3. The summed E-state index contributed by atoms with van der Waals surface area (Å²) in [5, 5.41) is 14.0. The van der Waals surface area contributed by atoms with Crippen molar-refractivity contribution in [3.05, 3.63) is 27.6 Å². The van der Waals surface area contributed by atoms with Gasteiger partial charge < -0.3 is 0 Å². The van der Waals surface area contributed by atoms with Crippen LogP contribution in [-0.2, 0) is 7.05 Å². The number of aromatic nitrogens is 2. The van der Waals surface area contributed by atoms with Crippen molar-refractivity contribution in [3.8, 4) is 0 Å². The molecule has 70 valence electrons. The van der Waals surface area contributed by atoms with Gasteiger partial charge in [0.15, 0.2) is 0 Å². The smallest absolute Gasteiger partial charge is 0.267 e. The lowest BCUT2D eigenvalue weighted by atomic mass is 10.2. The van der Waals surface area contributed by atoms with Gasteiger partial charge in [-0.15, -0.1) is 0 Å². The van der Waals surface area contributed by atoms with Crippen LogP contribution in [0.5, 0.6) is 0 Å². The summed E-state index contributed by atoms with van der Waals surface area (Å²) in [4.78, 5) is 20.6. The topological polar surface area (TPSA) is 78.0 Å². The summed E-state index contributed by atoms with van der Waals surface area (Å²) in [6.07, 6.45) is 0. The van der Waals surface area contributed by atoms with E-state index >= 15 is 0 Å². The van der Waals surface area contributed by atoms with Gasteiger partial charge in [-0.1, -0.05) is 0 Å². The third kappa shape index (κ3) is 2.11. The van der Waals surface area contributed by atoms with Gasteiger partial charge in [-0.3, -0.25) is 19.6 Å². The van der Waals surface area contributed by atoms with Gasteiger partial charge in [-0.25, -0.2) is 0 Å². The van der Waals surface area contributed by atoms with E-state index in [1.54, 1.807) is 14.0 Å². The molecular weight excluding hydrogens is 174 g/mol. The molecule has 0 radical (unpaired) electrons. The van der Waals surface area contributed by atoms with Crippen molar-refractivity contribution in [1.29, 1.82) is 0 Å². The van der Waals surface area contributed by atoms with Crippen molar-refractivity contribution in [3.63, 3.8) is 0 Å². The van der Waals surface area contributed by atoms with Crippen LogP contribution in [0.25, 0.3) is 0 Å². The van der Waals surface area contributed by atoms with Crippen molar-refractivity contribution < 1.29 is 9.72 Å². The molecule has 0 atom stereocenters. The van der Waals surface area contributed by atoms with Gasteiger partial charge in [0.25, 0.3) is 12.3 Å². The fourth-order valence-electron chi connectivity index (χ4n) is 1.07. The van der Waals surface area contributed by atoms with Gasteiger partial charge in [0, 0.05) is 12.0 Å². The van der Waals surface area contributed by atoms with Crippen molar-refractivity contribution in [1.82, 2.24) is 9.78 Å². The summed E-state index contributed by atoms with van der Waals surface area (Å²) in [7, 11) is 1.58. The molecule has 6 heteroatoms.